The monoisotopic (exact) mass is 218 g/mol. The predicted octanol–water partition coefficient (Wildman–Crippen LogP) is -2.90. The molecule has 1 aliphatic heterocycles. The molecule has 0 radical (unpaired) electrons. The summed E-state index contributed by atoms with van der Waals surface area (Å²) in [5.41, 5.74) is 5.49. The smallest absolute Gasteiger partial charge is 0.217 e. The van der Waals surface area contributed by atoms with Crippen molar-refractivity contribution in [3.8, 4) is 0 Å². The van der Waals surface area contributed by atoms with Gasteiger partial charge in [-0.1, -0.05) is 0 Å². The van der Waals surface area contributed by atoms with Gasteiger partial charge >= 0.3 is 0 Å². The van der Waals surface area contributed by atoms with Gasteiger partial charge in [-0.05, 0) is 0 Å². The van der Waals surface area contributed by atoms with Gasteiger partial charge in [-0.2, -0.15) is 0 Å². The highest BCUT2D eigenvalue weighted by Gasteiger charge is 2.42. The van der Waals surface area contributed by atoms with E-state index in [4.69, 9.17) is 15.6 Å². The lowest BCUT2D eigenvalue weighted by atomic mass is 9.98. The fourth-order valence-electron chi connectivity index (χ4n) is 1.42. The molecular formula is C8H14N2O5. The molecule has 1 rings (SSSR count). The van der Waals surface area contributed by atoms with Crippen molar-refractivity contribution < 1.29 is 24.5 Å². The maximum atomic E-state index is 11.4. The van der Waals surface area contributed by atoms with Gasteiger partial charge in [0.1, 0.15) is 24.5 Å². The van der Waals surface area contributed by atoms with Crippen LogP contribution in [-0.2, 0) is 14.3 Å². The van der Waals surface area contributed by atoms with Crippen molar-refractivity contribution in [1.82, 2.24) is 5.32 Å². The molecule has 1 aliphatic rings. The number of Topliss-reactive ketones (excluding diaryl/α,β-unsaturated/α-hetero) is 1. The first-order chi connectivity index (χ1) is 6.97. The third-order valence-corrected chi connectivity index (χ3v) is 2.16. The summed E-state index contributed by atoms with van der Waals surface area (Å²) < 4.78 is 4.94. The van der Waals surface area contributed by atoms with Crippen LogP contribution < -0.4 is 11.1 Å². The number of rotatable bonds is 2. The van der Waals surface area contributed by atoms with Gasteiger partial charge in [-0.25, -0.2) is 0 Å². The Morgan fingerprint density at radius 3 is 2.73 bits per heavy atom. The SMILES string of the molecule is CC(=O)N[C@H]1[C@H](N)O[C@H](CO)C(=O)[C@@H]1O. The number of carbonyl (C=O) groups is 2. The van der Waals surface area contributed by atoms with E-state index in [0.29, 0.717) is 0 Å². The molecule has 0 bridgehead atoms. The Labute approximate surface area is 86.2 Å². The second kappa shape index (κ2) is 4.67. The Morgan fingerprint density at radius 2 is 2.27 bits per heavy atom. The molecule has 7 heteroatoms. The molecule has 0 spiro atoms. The highest BCUT2D eigenvalue weighted by atomic mass is 16.5. The molecule has 7 nitrogen and oxygen atoms in total. The Balaban J connectivity index is 2.74. The summed E-state index contributed by atoms with van der Waals surface area (Å²) in [6.07, 6.45) is -3.59. The molecule has 1 amide bonds. The van der Waals surface area contributed by atoms with Crippen LogP contribution in [0.15, 0.2) is 0 Å². The minimum Gasteiger partial charge on any atom is -0.393 e. The van der Waals surface area contributed by atoms with Crippen LogP contribution in [0.2, 0.25) is 0 Å². The fourth-order valence-corrected chi connectivity index (χ4v) is 1.42. The number of amides is 1. The van der Waals surface area contributed by atoms with Crippen molar-refractivity contribution in [2.24, 2.45) is 5.73 Å². The van der Waals surface area contributed by atoms with Gasteiger partial charge in [0.05, 0.1) is 6.61 Å². The maximum Gasteiger partial charge on any atom is 0.217 e. The zero-order valence-electron chi connectivity index (χ0n) is 8.21. The molecule has 0 aromatic carbocycles. The number of nitrogens with one attached hydrogen (secondary N) is 1. The van der Waals surface area contributed by atoms with Crippen LogP contribution in [0.5, 0.6) is 0 Å². The van der Waals surface area contributed by atoms with E-state index in [1.165, 1.54) is 6.92 Å². The van der Waals surface area contributed by atoms with Crippen molar-refractivity contribution >= 4 is 11.7 Å². The highest BCUT2D eigenvalue weighted by Crippen LogP contribution is 2.14. The van der Waals surface area contributed by atoms with Gasteiger partial charge in [-0.3, -0.25) is 9.59 Å². The van der Waals surface area contributed by atoms with Gasteiger partial charge in [0.25, 0.3) is 0 Å². The topological polar surface area (TPSA) is 122 Å². The minimum absolute atomic E-state index is 0.423. The first-order valence-corrected chi connectivity index (χ1v) is 4.48. The largest absolute Gasteiger partial charge is 0.393 e. The molecule has 4 atom stereocenters. The van der Waals surface area contributed by atoms with Gasteiger partial charge in [0, 0.05) is 6.92 Å². The second-order valence-electron chi connectivity index (χ2n) is 3.35. The molecule has 0 unspecified atom stereocenters. The number of hydrogen-bond acceptors (Lipinski definition) is 6. The van der Waals surface area contributed by atoms with E-state index in [-0.39, 0.29) is 0 Å². The quantitative estimate of drug-likeness (QED) is 0.394. The van der Waals surface area contributed by atoms with E-state index in [1.807, 2.05) is 0 Å². The van der Waals surface area contributed by atoms with Gasteiger partial charge < -0.3 is 26.0 Å². The minimum atomic E-state index is -1.45. The maximum absolute atomic E-state index is 11.4. The van der Waals surface area contributed by atoms with Gasteiger partial charge in [0.2, 0.25) is 5.91 Å². The number of aliphatic hydroxyl groups is 2. The van der Waals surface area contributed by atoms with Crippen molar-refractivity contribution in [1.29, 1.82) is 0 Å². The van der Waals surface area contributed by atoms with E-state index in [2.05, 4.69) is 5.32 Å². The average molecular weight is 218 g/mol. The summed E-state index contributed by atoms with van der Waals surface area (Å²) in [6.45, 7) is 0.693. The molecule has 0 saturated carbocycles. The summed E-state index contributed by atoms with van der Waals surface area (Å²) >= 11 is 0. The molecule has 0 aromatic rings. The molecule has 1 fully saturated rings. The first kappa shape index (κ1) is 12.1. The van der Waals surface area contributed by atoms with Crippen LogP contribution in [0, 0.1) is 0 Å². The van der Waals surface area contributed by atoms with E-state index in [1.54, 1.807) is 0 Å². The van der Waals surface area contributed by atoms with E-state index < -0.39 is 42.8 Å². The van der Waals surface area contributed by atoms with Crippen LogP contribution in [0.4, 0.5) is 0 Å². The zero-order valence-corrected chi connectivity index (χ0v) is 8.21. The van der Waals surface area contributed by atoms with Crippen LogP contribution in [-0.4, -0.2) is 53.0 Å². The lowest BCUT2D eigenvalue weighted by molar-refractivity contribution is -0.167. The Hall–Kier alpha value is -1.02. The summed E-state index contributed by atoms with van der Waals surface area (Å²) in [5.74, 6) is -1.11. The van der Waals surface area contributed by atoms with Crippen molar-refractivity contribution in [2.75, 3.05) is 6.61 Å². The number of ether oxygens (including phenoxy) is 1. The average Bonchev–Trinajstić information content (AvgIpc) is 2.18. The highest BCUT2D eigenvalue weighted by molar-refractivity contribution is 5.89. The van der Waals surface area contributed by atoms with Crippen LogP contribution in [0.3, 0.4) is 0 Å². The Kier molecular flexibility index (Phi) is 3.75. The van der Waals surface area contributed by atoms with Crippen molar-refractivity contribution in [3.05, 3.63) is 0 Å². The first-order valence-electron chi connectivity index (χ1n) is 4.48. The van der Waals surface area contributed by atoms with E-state index >= 15 is 0 Å². The Morgan fingerprint density at radius 1 is 1.67 bits per heavy atom. The predicted molar refractivity (Wildman–Crippen MR) is 48.6 cm³/mol. The molecular weight excluding hydrogens is 204 g/mol. The Bertz CT molecular complexity index is 270. The molecule has 0 aliphatic carbocycles. The van der Waals surface area contributed by atoms with Crippen LogP contribution in [0.1, 0.15) is 6.92 Å². The number of hydrogen-bond donors (Lipinski definition) is 4. The number of aliphatic hydroxyl groups excluding tert-OH is 2. The van der Waals surface area contributed by atoms with Crippen LogP contribution in [0.25, 0.3) is 0 Å². The summed E-state index contributed by atoms with van der Waals surface area (Å²) in [6, 6.07) is -0.974. The zero-order chi connectivity index (χ0) is 11.6. The molecule has 15 heavy (non-hydrogen) atoms. The number of ketones is 1. The molecule has 0 aromatic heterocycles. The third kappa shape index (κ3) is 2.51. The lowest BCUT2D eigenvalue weighted by Gasteiger charge is -2.36. The van der Waals surface area contributed by atoms with Crippen molar-refractivity contribution in [2.45, 2.75) is 31.4 Å². The summed E-state index contributed by atoms with van der Waals surface area (Å²) in [7, 11) is 0. The standard InChI is InChI=1S/C8H14N2O5/c1-3(12)10-5-7(14)6(13)4(2-11)15-8(5)9/h4-5,7-8,11,14H,2,9H2,1H3,(H,10,12)/t4-,5-,7-,8-/m1/s1. The number of nitrogens with two attached hydrogens (primary N) is 1. The number of carbonyl (C=O) groups excluding carboxylic acids is 2. The third-order valence-electron chi connectivity index (χ3n) is 2.16. The van der Waals surface area contributed by atoms with Gasteiger partial charge in [-0.15, -0.1) is 0 Å². The summed E-state index contributed by atoms with van der Waals surface area (Å²) in [4.78, 5) is 22.1. The molecule has 5 N–H and O–H groups in total. The van der Waals surface area contributed by atoms with Crippen molar-refractivity contribution in [3.63, 3.8) is 0 Å². The fraction of sp³-hybridized carbons (Fsp3) is 0.750. The lowest BCUT2D eigenvalue weighted by Crippen LogP contribution is -2.64. The van der Waals surface area contributed by atoms with E-state index in [0.717, 1.165) is 0 Å². The molecule has 1 saturated heterocycles. The van der Waals surface area contributed by atoms with Gasteiger partial charge in [0.15, 0.2) is 5.78 Å². The summed E-state index contributed by atoms with van der Waals surface area (Å²) in [5, 5.41) is 20.6. The van der Waals surface area contributed by atoms with Crippen LogP contribution >= 0.6 is 0 Å². The second-order valence-corrected chi connectivity index (χ2v) is 3.35. The molecule has 1 heterocycles. The normalized spacial score (nSPS) is 36.4. The van der Waals surface area contributed by atoms with E-state index in [9.17, 15) is 14.7 Å². The molecule has 86 valence electrons.